The van der Waals surface area contributed by atoms with Crippen molar-refractivity contribution in [2.24, 2.45) is 17.6 Å². The number of primary amides is 1. The molecule has 3 aromatic rings. The average molecular weight is 504 g/mol. The Balaban J connectivity index is 1.65. The summed E-state index contributed by atoms with van der Waals surface area (Å²) in [6.07, 6.45) is 8.12. The summed E-state index contributed by atoms with van der Waals surface area (Å²) in [7, 11) is 0. The lowest BCUT2D eigenvalue weighted by molar-refractivity contribution is 0.102. The van der Waals surface area contributed by atoms with Crippen molar-refractivity contribution in [2.45, 2.75) is 70.9 Å². The minimum Gasteiger partial charge on any atom is -0.388 e. The monoisotopic (exact) mass is 503 g/mol. The molecule has 0 unspecified atom stereocenters. The van der Waals surface area contributed by atoms with Crippen LogP contribution in [0.1, 0.15) is 80.3 Å². The number of aromatic nitrogens is 4. The molecule has 1 aromatic carbocycles. The maximum Gasteiger partial charge on any atom is 0.411 e. The third kappa shape index (κ3) is 5.33. The van der Waals surface area contributed by atoms with Gasteiger partial charge in [0.25, 0.3) is 5.90 Å². The summed E-state index contributed by atoms with van der Waals surface area (Å²) in [6.45, 7) is 2.75. The van der Waals surface area contributed by atoms with Gasteiger partial charge in [0.2, 0.25) is 11.6 Å². The Morgan fingerprint density at radius 1 is 1.08 bits per heavy atom. The minimum atomic E-state index is -1.12. The Morgan fingerprint density at radius 3 is 2.46 bits per heavy atom. The molecule has 0 saturated heterocycles. The van der Waals surface area contributed by atoms with Crippen molar-refractivity contribution in [3.8, 4) is 0 Å². The van der Waals surface area contributed by atoms with Gasteiger partial charge in [-0.3, -0.25) is 10.2 Å². The Hall–Kier alpha value is -3.82. The van der Waals surface area contributed by atoms with E-state index in [1.807, 2.05) is 22.8 Å². The predicted octanol–water partition coefficient (Wildman–Crippen LogP) is 4.66. The SMILES string of the molecule is C[C@@H](Nc1nc(C(=N)OC(N)=O)nc2nc(C(=O)c3ccccc3)n(CC3CCCCC3)c12)C1CCC1. The van der Waals surface area contributed by atoms with Crippen LogP contribution in [-0.2, 0) is 11.3 Å². The Morgan fingerprint density at radius 2 is 1.81 bits per heavy atom. The van der Waals surface area contributed by atoms with Gasteiger partial charge in [0, 0.05) is 18.2 Å². The molecule has 2 aliphatic rings. The molecule has 0 radical (unpaired) electrons. The third-order valence-electron chi connectivity index (χ3n) is 7.63. The van der Waals surface area contributed by atoms with Crippen LogP contribution in [0.2, 0.25) is 0 Å². The van der Waals surface area contributed by atoms with Gasteiger partial charge in [-0.2, -0.15) is 0 Å². The first-order valence-corrected chi connectivity index (χ1v) is 13.1. The van der Waals surface area contributed by atoms with Crippen molar-refractivity contribution in [1.29, 1.82) is 5.41 Å². The molecule has 0 bridgehead atoms. The van der Waals surface area contributed by atoms with Crippen molar-refractivity contribution in [3.63, 3.8) is 0 Å². The number of ketones is 1. The summed E-state index contributed by atoms with van der Waals surface area (Å²) in [5.74, 6) is 0.823. The second kappa shape index (κ2) is 10.7. The van der Waals surface area contributed by atoms with E-state index in [9.17, 15) is 9.59 Å². The second-order valence-corrected chi connectivity index (χ2v) is 10.2. The van der Waals surface area contributed by atoms with E-state index in [1.165, 1.54) is 25.7 Å². The molecular formula is C27H33N7O3. The van der Waals surface area contributed by atoms with Crippen LogP contribution in [0.25, 0.3) is 11.2 Å². The molecule has 2 aliphatic carbocycles. The maximum atomic E-state index is 13.7. The van der Waals surface area contributed by atoms with Gasteiger partial charge in [-0.15, -0.1) is 0 Å². The van der Waals surface area contributed by atoms with E-state index in [0.717, 1.165) is 25.7 Å². The van der Waals surface area contributed by atoms with Crippen molar-refractivity contribution < 1.29 is 14.3 Å². The average Bonchev–Trinajstić information content (AvgIpc) is 3.21. The number of nitrogens with zero attached hydrogens (tertiary/aromatic N) is 4. The minimum absolute atomic E-state index is 0.115. The lowest BCUT2D eigenvalue weighted by Crippen LogP contribution is -2.32. The summed E-state index contributed by atoms with van der Waals surface area (Å²) in [5.41, 5.74) is 6.58. The molecule has 194 valence electrons. The molecule has 1 amide bonds. The number of hydrogen-bond acceptors (Lipinski definition) is 8. The molecule has 0 spiro atoms. The lowest BCUT2D eigenvalue weighted by atomic mass is 9.80. The fraction of sp³-hybridized carbons (Fsp3) is 0.481. The van der Waals surface area contributed by atoms with E-state index in [1.54, 1.807) is 12.1 Å². The first-order valence-electron chi connectivity index (χ1n) is 13.1. The first kappa shape index (κ1) is 24.9. The van der Waals surface area contributed by atoms with E-state index < -0.39 is 12.0 Å². The van der Waals surface area contributed by atoms with Crippen molar-refractivity contribution in [1.82, 2.24) is 19.5 Å². The molecule has 4 N–H and O–H groups in total. The maximum absolute atomic E-state index is 13.7. The summed E-state index contributed by atoms with van der Waals surface area (Å²) in [6, 6.07) is 9.20. The smallest absolute Gasteiger partial charge is 0.388 e. The highest BCUT2D eigenvalue weighted by atomic mass is 16.6. The van der Waals surface area contributed by atoms with Crippen LogP contribution in [0.5, 0.6) is 0 Å². The highest BCUT2D eigenvalue weighted by molar-refractivity contribution is 6.09. The highest BCUT2D eigenvalue weighted by Gasteiger charge is 2.29. The quantitative estimate of drug-likeness (QED) is 0.230. The number of carbonyl (C=O) groups is 2. The fourth-order valence-corrected chi connectivity index (χ4v) is 5.36. The number of carbonyl (C=O) groups excluding carboxylic acids is 2. The standard InChI is InChI=1S/C27H33N7O3/c1-16(18-13-8-14-18)30-23-20-24(32-25(31-23)22(28)37-27(29)36)33-26(21(35)19-11-6-3-7-12-19)34(20)15-17-9-4-2-5-10-17/h3,6-7,11-12,16-18,28H,2,4-5,8-10,13-15H2,1H3,(H2,29,36)(H,30,31,32)/t16-/m1/s1. The largest absolute Gasteiger partial charge is 0.411 e. The molecular weight excluding hydrogens is 470 g/mol. The summed E-state index contributed by atoms with van der Waals surface area (Å²) in [5, 5.41) is 11.7. The van der Waals surface area contributed by atoms with Gasteiger partial charge in [-0.05, 0) is 44.4 Å². The van der Waals surface area contributed by atoms with E-state index in [2.05, 4.69) is 27.2 Å². The zero-order valence-corrected chi connectivity index (χ0v) is 21.1. The Labute approximate surface area is 215 Å². The van der Waals surface area contributed by atoms with Crippen molar-refractivity contribution in [3.05, 3.63) is 47.5 Å². The van der Waals surface area contributed by atoms with E-state index >= 15 is 0 Å². The first-order chi connectivity index (χ1) is 17.9. The molecule has 10 heteroatoms. The number of imidazole rings is 1. The van der Waals surface area contributed by atoms with Crippen molar-refractivity contribution in [2.75, 3.05) is 5.32 Å². The topological polar surface area (TPSA) is 149 Å². The Bertz CT molecular complexity index is 1310. The van der Waals surface area contributed by atoms with Gasteiger partial charge >= 0.3 is 6.09 Å². The highest BCUT2D eigenvalue weighted by Crippen LogP contribution is 2.34. The van der Waals surface area contributed by atoms with E-state index in [-0.39, 0.29) is 23.3 Å². The number of amides is 1. The molecule has 2 aromatic heterocycles. The normalized spacial score (nSPS) is 17.2. The number of nitrogens with one attached hydrogen (secondary N) is 2. The van der Waals surface area contributed by atoms with Crippen LogP contribution < -0.4 is 11.1 Å². The van der Waals surface area contributed by atoms with Gasteiger partial charge in [-0.25, -0.2) is 19.7 Å². The van der Waals surface area contributed by atoms with Crippen LogP contribution in [0.15, 0.2) is 30.3 Å². The second-order valence-electron chi connectivity index (χ2n) is 10.2. The van der Waals surface area contributed by atoms with Crippen LogP contribution in [-0.4, -0.2) is 43.3 Å². The molecule has 5 rings (SSSR count). The number of rotatable bonds is 8. The molecule has 37 heavy (non-hydrogen) atoms. The summed E-state index contributed by atoms with van der Waals surface area (Å²) >= 11 is 0. The van der Waals surface area contributed by atoms with Gasteiger partial charge in [0.1, 0.15) is 5.52 Å². The van der Waals surface area contributed by atoms with Crippen molar-refractivity contribution >= 4 is 34.8 Å². The fourth-order valence-electron chi connectivity index (χ4n) is 5.36. The van der Waals surface area contributed by atoms with Gasteiger partial charge in [-0.1, -0.05) is 56.0 Å². The molecule has 2 saturated carbocycles. The number of nitrogens with two attached hydrogens (primary N) is 1. The number of benzene rings is 1. The van der Waals surface area contributed by atoms with Crippen LogP contribution in [0.3, 0.4) is 0 Å². The molecule has 10 nitrogen and oxygen atoms in total. The van der Waals surface area contributed by atoms with E-state index in [0.29, 0.717) is 41.1 Å². The van der Waals surface area contributed by atoms with E-state index in [4.69, 9.17) is 15.9 Å². The Kier molecular flexibility index (Phi) is 7.16. The van der Waals surface area contributed by atoms with Gasteiger partial charge in [0.15, 0.2) is 17.3 Å². The summed E-state index contributed by atoms with van der Waals surface area (Å²) < 4.78 is 6.73. The van der Waals surface area contributed by atoms with Crippen LogP contribution in [0, 0.1) is 17.2 Å². The van der Waals surface area contributed by atoms with Crippen LogP contribution >= 0.6 is 0 Å². The third-order valence-corrected chi connectivity index (χ3v) is 7.63. The summed E-state index contributed by atoms with van der Waals surface area (Å²) in [4.78, 5) is 38.6. The molecule has 2 fully saturated rings. The number of anilines is 1. The number of hydrogen-bond donors (Lipinski definition) is 3. The number of ether oxygens (including phenoxy) is 1. The van der Waals surface area contributed by atoms with Gasteiger partial charge < -0.3 is 20.4 Å². The molecule has 2 heterocycles. The molecule has 0 aliphatic heterocycles. The molecule has 1 atom stereocenters. The van der Waals surface area contributed by atoms with Gasteiger partial charge in [0.05, 0.1) is 0 Å². The number of fused-ring (bicyclic) bond motifs is 1. The van der Waals surface area contributed by atoms with Crippen LogP contribution in [0.4, 0.5) is 10.6 Å². The zero-order valence-electron chi connectivity index (χ0n) is 21.1. The zero-order chi connectivity index (χ0) is 25.9. The predicted molar refractivity (Wildman–Crippen MR) is 140 cm³/mol. The lowest BCUT2D eigenvalue weighted by Gasteiger charge is -2.32.